The summed E-state index contributed by atoms with van der Waals surface area (Å²) < 4.78 is 5.83. The summed E-state index contributed by atoms with van der Waals surface area (Å²) >= 11 is 0. The molecule has 138 valence electrons. The van der Waals surface area contributed by atoms with Gasteiger partial charge >= 0.3 is 0 Å². The molecule has 5 heteroatoms. The van der Waals surface area contributed by atoms with Gasteiger partial charge in [-0.1, -0.05) is 13.8 Å². The number of carbonyl (C=O) groups is 2. The third-order valence-electron chi connectivity index (χ3n) is 5.09. The Morgan fingerprint density at radius 1 is 1.12 bits per heavy atom. The molecule has 0 aromatic rings. The van der Waals surface area contributed by atoms with Gasteiger partial charge in [-0.05, 0) is 44.9 Å². The monoisotopic (exact) mass is 338 g/mol. The second-order valence-electron chi connectivity index (χ2n) is 7.20. The van der Waals surface area contributed by atoms with Gasteiger partial charge in [0.2, 0.25) is 11.8 Å². The largest absolute Gasteiger partial charge is 0.376 e. The van der Waals surface area contributed by atoms with Crippen molar-refractivity contribution < 1.29 is 14.3 Å². The predicted octanol–water partition coefficient (Wildman–Crippen LogP) is 2.83. The SMILES string of the molecule is CCCC(=O)N1CCCC(C(=O)N(CCC)CC2CCCCO2)C1. The normalized spacial score (nSPS) is 24.7. The van der Waals surface area contributed by atoms with Crippen LogP contribution in [0.25, 0.3) is 0 Å². The van der Waals surface area contributed by atoms with Crippen molar-refractivity contribution in [2.75, 3.05) is 32.8 Å². The minimum Gasteiger partial charge on any atom is -0.376 e. The number of hydrogen-bond donors (Lipinski definition) is 0. The fraction of sp³-hybridized carbons (Fsp3) is 0.895. The maximum atomic E-state index is 13.0. The maximum absolute atomic E-state index is 13.0. The van der Waals surface area contributed by atoms with Crippen LogP contribution in [0.5, 0.6) is 0 Å². The molecular formula is C19H34N2O3. The van der Waals surface area contributed by atoms with E-state index in [1.807, 2.05) is 16.7 Å². The van der Waals surface area contributed by atoms with Gasteiger partial charge in [-0.2, -0.15) is 0 Å². The zero-order valence-electron chi connectivity index (χ0n) is 15.5. The van der Waals surface area contributed by atoms with Gasteiger partial charge in [0.05, 0.1) is 12.0 Å². The number of nitrogens with zero attached hydrogens (tertiary/aromatic N) is 2. The van der Waals surface area contributed by atoms with E-state index in [1.54, 1.807) is 0 Å². The third-order valence-corrected chi connectivity index (χ3v) is 5.09. The third kappa shape index (κ3) is 5.47. The van der Waals surface area contributed by atoms with Gasteiger partial charge in [0.25, 0.3) is 0 Å². The Morgan fingerprint density at radius 3 is 2.62 bits per heavy atom. The van der Waals surface area contributed by atoms with E-state index in [1.165, 1.54) is 6.42 Å². The lowest BCUT2D eigenvalue weighted by Gasteiger charge is -2.36. The van der Waals surface area contributed by atoms with Gasteiger partial charge in [-0.3, -0.25) is 9.59 Å². The first kappa shape index (κ1) is 19.2. The molecular weight excluding hydrogens is 304 g/mol. The van der Waals surface area contributed by atoms with Crippen LogP contribution in [0.15, 0.2) is 0 Å². The summed E-state index contributed by atoms with van der Waals surface area (Å²) in [4.78, 5) is 29.1. The van der Waals surface area contributed by atoms with E-state index in [-0.39, 0.29) is 23.8 Å². The summed E-state index contributed by atoms with van der Waals surface area (Å²) in [5, 5.41) is 0. The van der Waals surface area contributed by atoms with E-state index in [0.717, 1.165) is 58.2 Å². The summed E-state index contributed by atoms with van der Waals surface area (Å²) in [7, 11) is 0. The Hall–Kier alpha value is -1.10. The highest BCUT2D eigenvalue weighted by molar-refractivity contribution is 5.81. The van der Waals surface area contributed by atoms with Crippen molar-refractivity contribution in [2.24, 2.45) is 5.92 Å². The summed E-state index contributed by atoms with van der Waals surface area (Å²) in [6.07, 6.45) is 7.84. The Bertz CT molecular complexity index is 407. The standard InChI is InChI=1S/C19H34N2O3/c1-3-8-18(22)20-12-7-9-16(14-20)19(23)21(11-4-2)15-17-10-5-6-13-24-17/h16-17H,3-15H2,1-2H3. The van der Waals surface area contributed by atoms with Crippen LogP contribution in [0.3, 0.4) is 0 Å². The zero-order valence-corrected chi connectivity index (χ0v) is 15.5. The minimum absolute atomic E-state index is 0.0327. The Balaban J connectivity index is 1.93. The van der Waals surface area contributed by atoms with E-state index in [2.05, 4.69) is 6.92 Å². The lowest BCUT2D eigenvalue weighted by Crippen LogP contribution is -2.49. The average Bonchev–Trinajstić information content (AvgIpc) is 2.62. The molecule has 2 amide bonds. The van der Waals surface area contributed by atoms with Crippen molar-refractivity contribution in [1.82, 2.24) is 9.80 Å². The number of ether oxygens (including phenoxy) is 1. The number of carbonyl (C=O) groups excluding carboxylic acids is 2. The fourth-order valence-corrected chi connectivity index (χ4v) is 3.79. The maximum Gasteiger partial charge on any atom is 0.227 e. The van der Waals surface area contributed by atoms with Crippen molar-refractivity contribution in [3.05, 3.63) is 0 Å². The van der Waals surface area contributed by atoms with Crippen LogP contribution in [0.2, 0.25) is 0 Å². The average molecular weight is 338 g/mol. The number of rotatable bonds is 7. The van der Waals surface area contributed by atoms with Gasteiger partial charge in [0.1, 0.15) is 0 Å². The van der Waals surface area contributed by atoms with Crippen LogP contribution >= 0.6 is 0 Å². The van der Waals surface area contributed by atoms with Crippen molar-refractivity contribution >= 4 is 11.8 Å². The molecule has 2 atom stereocenters. The molecule has 5 nitrogen and oxygen atoms in total. The molecule has 2 rings (SSSR count). The van der Waals surface area contributed by atoms with Gasteiger partial charge in [-0.25, -0.2) is 0 Å². The quantitative estimate of drug-likeness (QED) is 0.717. The lowest BCUT2D eigenvalue weighted by molar-refractivity contribution is -0.143. The topological polar surface area (TPSA) is 49.9 Å². The highest BCUT2D eigenvalue weighted by Gasteiger charge is 2.32. The number of likely N-dealkylation sites (tertiary alicyclic amines) is 1. The Labute approximate surface area is 146 Å². The van der Waals surface area contributed by atoms with Crippen LogP contribution in [0.1, 0.15) is 65.2 Å². The first-order valence-electron chi connectivity index (χ1n) is 9.83. The first-order chi connectivity index (χ1) is 11.7. The van der Waals surface area contributed by atoms with E-state index in [4.69, 9.17) is 4.74 Å². The molecule has 0 saturated carbocycles. The molecule has 0 aliphatic carbocycles. The van der Waals surface area contributed by atoms with Gasteiger partial charge < -0.3 is 14.5 Å². The van der Waals surface area contributed by atoms with E-state index in [9.17, 15) is 9.59 Å². The predicted molar refractivity (Wildman–Crippen MR) is 94.7 cm³/mol. The highest BCUT2D eigenvalue weighted by Crippen LogP contribution is 2.22. The summed E-state index contributed by atoms with van der Waals surface area (Å²) in [5.74, 6) is 0.391. The van der Waals surface area contributed by atoms with Crippen LogP contribution in [0.4, 0.5) is 0 Å². The minimum atomic E-state index is -0.0327. The fourth-order valence-electron chi connectivity index (χ4n) is 3.79. The number of piperidine rings is 1. The number of amides is 2. The van der Waals surface area contributed by atoms with Gasteiger partial charge in [0.15, 0.2) is 0 Å². The highest BCUT2D eigenvalue weighted by atomic mass is 16.5. The van der Waals surface area contributed by atoms with Gasteiger partial charge in [-0.15, -0.1) is 0 Å². The van der Waals surface area contributed by atoms with Crippen LogP contribution in [-0.4, -0.2) is 60.5 Å². The summed E-state index contributed by atoms with van der Waals surface area (Å²) in [6, 6.07) is 0. The van der Waals surface area contributed by atoms with Crippen molar-refractivity contribution in [3.8, 4) is 0 Å². The molecule has 2 unspecified atom stereocenters. The molecule has 2 heterocycles. The van der Waals surface area contributed by atoms with E-state index >= 15 is 0 Å². The smallest absolute Gasteiger partial charge is 0.227 e. The molecule has 2 fully saturated rings. The van der Waals surface area contributed by atoms with Crippen molar-refractivity contribution in [1.29, 1.82) is 0 Å². The van der Waals surface area contributed by atoms with Crippen molar-refractivity contribution in [3.63, 3.8) is 0 Å². The van der Waals surface area contributed by atoms with Crippen molar-refractivity contribution in [2.45, 2.75) is 71.3 Å². The van der Waals surface area contributed by atoms with Gasteiger partial charge in [0, 0.05) is 39.2 Å². The second kappa shape index (κ2) is 10.0. The molecule has 2 aliphatic rings. The molecule has 0 spiro atoms. The number of hydrogen-bond acceptors (Lipinski definition) is 3. The summed E-state index contributed by atoms with van der Waals surface area (Å²) in [6.45, 7) is 7.87. The lowest BCUT2D eigenvalue weighted by atomic mass is 9.95. The first-order valence-corrected chi connectivity index (χ1v) is 9.83. The molecule has 0 bridgehead atoms. The molecule has 0 N–H and O–H groups in total. The molecule has 24 heavy (non-hydrogen) atoms. The molecule has 0 radical (unpaired) electrons. The molecule has 2 saturated heterocycles. The zero-order chi connectivity index (χ0) is 17.4. The molecule has 2 aliphatic heterocycles. The van der Waals surface area contributed by atoms with Crippen LogP contribution in [-0.2, 0) is 14.3 Å². The second-order valence-corrected chi connectivity index (χ2v) is 7.20. The van der Waals surface area contributed by atoms with Crippen LogP contribution < -0.4 is 0 Å². The Kier molecular flexibility index (Phi) is 8.03. The molecule has 0 aromatic carbocycles. The van der Waals surface area contributed by atoms with Crippen LogP contribution in [0, 0.1) is 5.92 Å². The Morgan fingerprint density at radius 2 is 1.96 bits per heavy atom. The summed E-state index contributed by atoms with van der Waals surface area (Å²) in [5.41, 5.74) is 0. The molecule has 0 aromatic heterocycles. The van der Waals surface area contributed by atoms with E-state index < -0.39 is 0 Å². The van der Waals surface area contributed by atoms with E-state index in [0.29, 0.717) is 19.5 Å².